The average Bonchev–Trinajstić information content (AvgIpc) is 2.66. The lowest BCUT2D eigenvalue weighted by Gasteiger charge is -2.33. The van der Waals surface area contributed by atoms with Gasteiger partial charge in [0, 0.05) is 37.8 Å². The zero-order valence-corrected chi connectivity index (χ0v) is 14.8. The summed E-state index contributed by atoms with van der Waals surface area (Å²) in [6, 6.07) is 3.44. The van der Waals surface area contributed by atoms with E-state index < -0.39 is 29.2 Å². The van der Waals surface area contributed by atoms with Crippen molar-refractivity contribution < 1.29 is 34.1 Å². The summed E-state index contributed by atoms with van der Waals surface area (Å²) in [4.78, 5) is 49.9. The summed E-state index contributed by atoms with van der Waals surface area (Å²) in [6.45, 7) is 3.31. The molecule has 1 aliphatic heterocycles. The average molecular weight is 376 g/mol. The van der Waals surface area contributed by atoms with Crippen LogP contribution >= 0.6 is 0 Å². The van der Waals surface area contributed by atoms with E-state index in [9.17, 15) is 24.3 Å². The molecule has 0 unspecified atom stereocenters. The van der Waals surface area contributed by atoms with Crippen LogP contribution in [0, 0.1) is 0 Å². The van der Waals surface area contributed by atoms with E-state index in [0.29, 0.717) is 26.2 Å². The van der Waals surface area contributed by atoms with Gasteiger partial charge in [0.05, 0.1) is 6.61 Å². The van der Waals surface area contributed by atoms with E-state index in [1.165, 1.54) is 15.9 Å². The smallest absolute Gasteiger partial charge is 0.409 e. The van der Waals surface area contributed by atoms with E-state index in [-0.39, 0.29) is 18.1 Å². The summed E-state index contributed by atoms with van der Waals surface area (Å²) in [5, 5.41) is 18.4. The number of carboxylic acids is 1. The molecule has 2 N–H and O–H groups in total. The molecule has 1 aromatic carbocycles. The molecule has 144 valence electrons. The number of carbonyl (C=O) groups is 4. The summed E-state index contributed by atoms with van der Waals surface area (Å²) in [5.41, 5.74) is -0.350. The molecule has 2 rings (SSSR count). The predicted molar refractivity (Wildman–Crippen MR) is 93.7 cm³/mol. The number of aromatic hydroxyl groups is 1. The number of amides is 2. The number of piperazine rings is 1. The summed E-state index contributed by atoms with van der Waals surface area (Å²) in [5.74, 6) is -2.75. The summed E-state index contributed by atoms with van der Waals surface area (Å²) in [6.07, 6.45) is 1.74. The van der Waals surface area contributed by atoms with Gasteiger partial charge in [-0.3, -0.25) is 9.59 Å². The molecule has 27 heavy (non-hydrogen) atoms. The fourth-order valence-electron chi connectivity index (χ4n) is 2.53. The first-order chi connectivity index (χ1) is 12.8. The largest absolute Gasteiger partial charge is 0.507 e. The SMILES string of the molecule is CCOC(=O)N1CCN(C(=O)C=CC(=O)c2ccc(O)c(C(=O)O)c2)CC1. The molecule has 0 atom stereocenters. The molecule has 9 nitrogen and oxygen atoms in total. The zero-order chi connectivity index (χ0) is 20.0. The molecule has 1 aromatic rings. The third-order valence-electron chi connectivity index (χ3n) is 4.01. The lowest BCUT2D eigenvalue weighted by atomic mass is 10.1. The van der Waals surface area contributed by atoms with Crippen LogP contribution in [-0.4, -0.2) is 76.6 Å². The maximum atomic E-state index is 12.2. The maximum absolute atomic E-state index is 12.2. The van der Waals surface area contributed by atoms with Crippen LogP contribution < -0.4 is 0 Å². The molecule has 2 amide bonds. The van der Waals surface area contributed by atoms with Gasteiger partial charge >= 0.3 is 12.1 Å². The lowest BCUT2D eigenvalue weighted by Crippen LogP contribution is -2.50. The number of nitrogens with zero attached hydrogens (tertiary/aromatic N) is 2. The van der Waals surface area contributed by atoms with Crippen molar-refractivity contribution in [2.75, 3.05) is 32.8 Å². The van der Waals surface area contributed by atoms with Gasteiger partial charge in [-0.25, -0.2) is 9.59 Å². The van der Waals surface area contributed by atoms with Gasteiger partial charge in [0.15, 0.2) is 5.78 Å². The third-order valence-corrected chi connectivity index (χ3v) is 4.01. The minimum absolute atomic E-state index is 0.0429. The lowest BCUT2D eigenvalue weighted by molar-refractivity contribution is -0.127. The summed E-state index contributed by atoms with van der Waals surface area (Å²) in [7, 11) is 0. The molecular formula is C18H20N2O7. The molecule has 0 aromatic heterocycles. The number of benzene rings is 1. The van der Waals surface area contributed by atoms with Crippen molar-refractivity contribution in [3.63, 3.8) is 0 Å². The van der Waals surface area contributed by atoms with E-state index in [4.69, 9.17) is 9.84 Å². The highest BCUT2D eigenvalue weighted by Crippen LogP contribution is 2.19. The van der Waals surface area contributed by atoms with Crippen molar-refractivity contribution in [1.82, 2.24) is 9.80 Å². The van der Waals surface area contributed by atoms with Crippen LogP contribution in [0.5, 0.6) is 5.75 Å². The first-order valence-corrected chi connectivity index (χ1v) is 8.32. The topological polar surface area (TPSA) is 124 Å². The van der Waals surface area contributed by atoms with Crippen LogP contribution in [0.4, 0.5) is 4.79 Å². The minimum Gasteiger partial charge on any atom is -0.507 e. The molecule has 1 saturated heterocycles. The number of ketones is 1. The minimum atomic E-state index is -1.36. The predicted octanol–water partition coefficient (Wildman–Crippen LogP) is 1.13. The number of allylic oxidation sites excluding steroid dienone is 1. The summed E-state index contributed by atoms with van der Waals surface area (Å²) < 4.78 is 4.91. The van der Waals surface area contributed by atoms with Crippen LogP contribution in [0.25, 0.3) is 0 Å². The number of carbonyl (C=O) groups excluding carboxylic acids is 3. The van der Waals surface area contributed by atoms with E-state index >= 15 is 0 Å². The van der Waals surface area contributed by atoms with Gasteiger partial charge in [-0.05, 0) is 31.2 Å². The fraction of sp³-hybridized carbons (Fsp3) is 0.333. The molecule has 0 radical (unpaired) electrons. The molecule has 1 heterocycles. The number of phenols is 1. The Morgan fingerprint density at radius 1 is 1.07 bits per heavy atom. The Morgan fingerprint density at radius 3 is 2.30 bits per heavy atom. The number of carboxylic acid groups (broad SMARTS) is 1. The second-order valence-electron chi connectivity index (χ2n) is 5.75. The maximum Gasteiger partial charge on any atom is 0.409 e. The van der Waals surface area contributed by atoms with E-state index in [0.717, 1.165) is 24.3 Å². The van der Waals surface area contributed by atoms with Gasteiger partial charge in [0.2, 0.25) is 5.91 Å². The second-order valence-corrected chi connectivity index (χ2v) is 5.75. The third kappa shape index (κ3) is 5.06. The second kappa shape index (κ2) is 8.84. The van der Waals surface area contributed by atoms with Crippen molar-refractivity contribution in [3.05, 3.63) is 41.5 Å². The van der Waals surface area contributed by atoms with Crippen molar-refractivity contribution >= 4 is 23.8 Å². The summed E-state index contributed by atoms with van der Waals surface area (Å²) >= 11 is 0. The Morgan fingerprint density at radius 2 is 1.70 bits per heavy atom. The zero-order valence-electron chi connectivity index (χ0n) is 14.8. The first kappa shape index (κ1) is 20.0. The van der Waals surface area contributed by atoms with Gasteiger partial charge in [-0.1, -0.05) is 0 Å². The highest BCUT2D eigenvalue weighted by Gasteiger charge is 2.23. The Labute approximate surface area is 155 Å². The number of aromatic carboxylic acids is 1. The molecular weight excluding hydrogens is 356 g/mol. The first-order valence-electron chi connectivity index (χ1n) is 8.32. The van der Waals surface area contributed by atoms with Gasteiger partial charge in [-0.2, -0.15) is 0 Å². The van der Waals surface area contributed by atoms with Gasteiger partial charge in [0.1, 0.15) is 11.3 Å². The van der Waals surface area contributed by atoms with E-state index in [2.05, 4.69) is 0 Å². The van der Waals surface area contributed by atoms with Crippen molar-refractivity contribution in [2.24, 2.45) is 0 Å². The van der Waals surface area contributed by atoms with E-state index in [1.807, 2.05) is 0 Å². The normalized spacial score (nSPS) is 14.3. The highest BCUT2D eigenvalue weighted by molar-refractivity contribution is 6.08. The molecule has 9 heteroatoms. The molecule has 1 aliphatic rings. The molecule has 0 bridgehead atoms. The van der Waals surface area contributed by atoms with Crippen LogP contribution in [0.2, 0.25) is 0 Å². The van der Waals surface area contributed by atoms with Crippen molar-refractivity contribution in [2.45, 2.75) is 6.92 Å². The Kier molecular flexibility index (Phi) is 6.53. The van der Waals surface area contributed by atoms with E-state index in [1.54, 1.807) is 6.92 Å². The molecule has 0 saturated carbocycles. The van der Waals surface area contributed by atoms with Crippen molar-refractivity contribution in [3.8, 4) is 5.75 Å². The monoisotopic (exact) mass is 376 g/mol. The number of hydrogen-bond donors (Lipinski definition) is 2. The molecule has 1 fully saturated rings. The Balaban J connectivity index is 1.95. The number of rotatable bonds is 5. The molecule has 0 aliphatic carbocycles. The van der Waals surface area contributed by atoms with Gasteiger partial charge < -0.3 is 24.7 Å². The highest BCUT2D eigenvalue weighted by atomic mass is 16.6. The van der Waals surface area contributed by atoms with Crippen molar-refractivity contribution in [1.29, 1.82) is 0 Å². The number of hydrogen-bond acceptors (Lipinski definition) is 6. The Bertz CT molecular complexity index is 780. The standard InChI is InChI=1S/C18H20N2O7/c1-2-27-18(26)20-9-7-19(8-10-20)16(23)6-5-14(21)12-3-4-15(22)13(11-12)17(24)25/h3-6,11,22H,2,7-10H2,1H3,(H,24,25). The van der Waals surface area contributed by atoms with Gasteiger partial charge in [0.25, 0.3) is 0 Å². The van der Waals surface area contributed by atoms with Gasteiger partial charge in [-0.15, -0.1) is 0 Å². The van der Waals surface area contributed by atoms with Crippen LogP contribution in [0.3, 0.4) is 0 Å². The number of ether oxygens (including phenoxy) is 1. The molecule has 0 spiro atoms. The quantitative estimate of drug-likeness (QED) is 0.583. The fourth-order valence-corrected chi connectivity index (χ4v) is 2.53. The van der Waals surface area contributed by atoms with Crippen LogP contribution in [0.15, 0.2) is 30.4 Å². The van der Waals surface area contributed by atoms with Crippen LogP contribution in [0.1, 0.15) is 27.6 Å². The van der Waals surface area contributed by atoms with Crippen LogP contribution in [-0.2, 0) is 9.53 Å². The Hall–Kier alpha value is -3.36.